The van der Waals surface area contributed by atoms with E-state index in [-0.39, 0.29) is 25.4 Å². The first-order valence-electron chi connectivity index (χ1n) is 16.7. The van der Waals surface area contributed by atoms with Crippen LogP contribution in [0, 0.1) is 0 Å². The molecule has 0 aliphatic heterocycles. The Bertz CT molecular complexity index is 2000. The van der Waals surface area contributed by atoms with Crippen molar-refractivity contribution in [1.82, 2.24) is 9.88 Å². The summed E-state index contributed by atoms with van der Waals surface area (Å²) in [5.74, 6) is -4.20. The normalized spacial score (nSPS) is 12.3. The first-order chi connectivity index (χ1) is 25.0. The molecule has 4 aromatic carbocycles. The molecule has 1 amide bonds. The summed E-state index contributed by atoms with van der Waals surface area (Å²) < 4.78 is 23.4. The second-order valence-corrected chi connectivity index (χ2v) is 13.0. The predicted octanol–water partition coefficient (Wildman–Crippen LogP) is 7.25. The number of nitrogens with zero attached hydrogens (tertiary/aromatic N) is 1. The van der Waals surface area contributed by atoms with Gasteiger partial charge in [-0.1, -0.05) is 109 Å². The van der Waals surface area contributed by atoms with Crippen LogP contribution in [-0.4, -0.2) is 46.1 Å². The predicted molar refractivity (Wildman–Crippen MR) is 192 cm³/mol. The molecule has 1 N–H and O–H groups in total. The van der Waals surface area contributed by atoms with Gasteiger partial charge in [0.25, 0.3) is 0 Å². The molecule has 0 aliphatic rings. The smallest absolute Gasteiger partial charge is 0.419 e. The third-order valence-electron chi connectivity index (χ3n) is 7.84. The Balaban J connectivity index is 1.46. The molecular formula is C41H40N2O9. The van der Waals surface area contributed by atoms with Crippen LogP contribution in [0.5, 0.6) is 0 Å². The number of ketones is 1. The molecule has 0 aliphatic carbocycles. The highest BCUT2D eigenvalue weighted by atomic mass is 16.6. The SMILES string of the molecule is CC(C)(C)OC(=O)n1cc(C(C(=O)CC(NC(=O)OCc2ccccc2)C(=O)OCc2ccccc2)C(=O)OCc2ccccc2)c2ccccc21. The number of Topliss-reactive ketones (excluding diaryl/α,β-unsaturated/α-hetero) is 1. The van der Waals surface area contributed by atoms with E-state index in [1.54, 1.807) is 118 Å². The van der Waals surface area contributed by atoms with Crippen molar-refractivity contribution >= 4 is 40.8 Å². The number of ether oxygens (including phenoxy) is 4. The van der Waals surface area contributed by atoms with E-state index in [1.807, 2.05) is 18.2 Å². The molecule has 0 saturated heterocycles. The number of amides is 1. The Hall–Kier alpha value is -6.23. The van der Waals surface area contributed by atoms with Gasteiger partial charge < -0.3 is 24.3 Å². The fourth-order valence-electron chi connectivity index (χ4n) is 5.39. The number of fused-ring (bicyclic) bond motifs is 1. The third-order valence-corrected chi connectivity index (χ3v) is 7.84. The Morgan fingerprint density at radius 2 is 1.12 bits per heavy atom. The van der Waals surface area contributed by atoms with Crippen LogP contribution in [0.15, 0.2) is 121 Å². The van der Waals surface area contributed by atoms with Crippen LogP contribution in [0.2, 0.25) is 0 Å². The van der Waals surface area contributed by atoms with Crippen LogP contribution in [0.3, 0.4) is 0 Å². The number of aromatic nitrogens is 1. The van der Waals surface area contributed by atoms with Crippen LogP contribution in [0.1, 0.15) is 55.4 Å². The van der Waals surface area contributed by atoms with E-state index in [2.05, 4.69) is 5.32 Å². The zero-order chi connectivity index (χ0) is 37.1. The Morgan fingerprint density at radius 3 is 1.65 bits per heavy atom. The minimum absolute atomic E-state index is 0.0923. The van der Waals surface area contributed by atoms with Crippen LogP contribution in [0.4, 0.5) is 9.59 Å². The van der Waals surface area contributed by atoms with Crippen LogP contribution >= 0.6 is 0 Å². The van der Waals surface area contributed by atoms with Crippen LogP contribution in [-0.2, 0) is 53.2 Å². The molecule has 2 atom stereocenters. The topological polar surface area (TPSA) is 139 Å². The number of alkyl carbamates (subject to hydrolysis) is 1. The van der Waals surface area contributed by atoms with Gasteiger partial charge in [0.05, 0.1) is 5.52 Å². The number of nitrogens with one attached hydrogen (secondary N) is 1. The molecule has 0 radical (unpaired) electrons. The molecule has 11 heteroatoms. The molecule has 1 aromatic heterocycles. The molecule has 0 spiro atoms. The van der Waals surface area contributed by atoms with E-state index in [0.717, 1.165) is 0 Å². The lowest BCUT2D eigenvalue weighted by Gasteiger charge is -2.20. The Kier molecular flexibility index (Phi) is 12.2. The fraction of sp³-hybridized carbons (Fsp3) is 0.244. The Labute approximate surface area is 301 Å². The molecule has 11 nitrogen and oxygen atoms in total. The van der Waals surface area contributed by atoms with E-state index >= 15 is 0 Å². The van der Waals surface area contributed by atoms with Crippen molar-refractivity contribution in [3.05, 3.63) is 144 Å². The minimum Gasteiger partial charge on any atom is -0.460 e. The monoisotopic (exact) mass is 704 g/mol. The highest BCUT2D eigenvalue weighted by Gasteiger charge is 2.37. The molecular weight excluding hydrogens is 664 g/mol. The molecule has 0 bridgehead atoms. The van der Waals surface area contributed by atoms with E-state index in [1.165, 1.54) is 10.8 Å². The van der Waals surface area contributed by atoms with Gasteiger partial charge in [-0.3, -0.25) is 14.2 Å². The van der Waals surface area contributed by atoms with Gasteiger partial charge in [-0.05, 0) is 49.1 Å². The molecule has 2 unspecified atom stereocenters. The Morgan fingerprint density at radius 1 is 0.635 bits per heavy atom. The zero-order valence-electron chi connectivity index (χ0n) is 29.2. The maximum Gasteiger partial charge on any atom is 0.419 e. The second kappa shape index (κ2) is 17.1. The molecule has 0 saturated carbocycles. The van der Waals surface area contributed by atoms with E-state index in [9.17, 15) is 24.0 Å². The minimum atomic E-state index is -1.61. The van der Waals surface area contributed by atoms with Crippen molar-refractivity contribution in [3.63, 3.8) is 0 Å². The highest BCUT2D eigenvalue weighted by molar-refractivity contribution is 6.09. The number of hydrogen-bond acceptors (Lipinski definition) is 9. The van der Waals surface area contributed by atoms with Crippen molar-refractivity contribution < 1.29 is 42.9 Å². The van der Waals surface area contributed by atoms with E-state index in [0.29, 0.717) is 27.6 Å². The zero-order valence-corrected chi connectivity index (χ0v) is 29.2. The number of rotatable bonds is 13. The average molecular weight is 705 g/mol. The summed E-state index contributed by atoms with van der Waals surface area (Å²) in [6.07, 6.45) is -0.979. The molecule has 52 heavy (non-hydrogen) atoms. The summed E-state index contributed by atoms with van der Waals surface area (Å²) in [6.45, 7) is 4.81. The van der Waals surface area contributed by atoms with Crippen molar-refractivity contribution in [1.29, 1.82) is 0 Å². The standard InChI is InChI=1S/C41H40N2O9/c1-41(2,3)52-40(48)43-24-32(31-21-13-14-22-34(31)43)36(38(46)50-26-29-17-9-5-10-18-29)35(44)23-33(37(45)49-25-28-15-7-4-8-16-28)42-39(47)51-27-30-19-11-6-12-20-30/h4-22,24,33,36H,23,25-27H2,1-3H3,(H,42,47). The number of benzene rings is 4. The fourth-order valence-corrected chi connectivity index (χ4v) is 5.39. The molecule has 0 fully saturated rings. The highest BCUT2D eigenvalue weighted by Crippen LogP contribution is 2.32. The number of carbonyl (C=O) groups excluding carboxylic acids is 5. The van der Waals surface area contributed by atoms with Gasteiger partial charge in [-0.2, -0.15) is 0 Å². The van der Waals surface area contributed by atoms with Gasteiger partial charge in [-0.25, -0.2) is 14.4 Å². The summed E-state index contributed by atoms with van der Waals surface area (Å²) in [6, 6.07) is 31.9. The summed E-state index contributed by atoms with van der Waals surface area (Å²) in [5.41, 5.74) is 1.79. The van der Waals surface area contributed by atoms with Crippen molar-refractivity contribution in [2.75, 3.05) is 0 Å². The van der Waals surface area contributed by atoms with E-state index in [4.69, 9.17) is 18.9 Å². The second-order valence-electron chi connectivity index (χ2n) is 13.0. The van der Waals surface area contributed by atoms with Crippen molar-refractivity contribution in [2.45, 2.75) is 64.6 Å². The lowest BCUT2D eigenvalue weighted by atomic mass is 9.90. The van der Waals surface area contributed by atoms with Gasteiger partial charge in [0.2, 0.25) is 0 Å². The lowest BCUT2D eigenvalue weighted by Crippen LogP contribution is -2.44. The lowest BCUT2D eigenvalue weighted by molar-refractivity contribution is -0.152. The van der Waals surface area contributed by atoms with Crippen LogP contribution < -0.4 is 5.32 Å². The quantitative estimate of drug-likeness (QED) is 0.0763. The largest absolute Gasteiger partial charge is 0.460 e. The van der Waals surface area contributed by atoms with Crippen LogP contribution in [0.25, 0.3) is 10.9 Å². The number of hydrogen-bond donors (Lipinski definition) is 1. The maximum absolute atomic E-state index is 14.4. The molecule has 5 aromatic rings. The molecule has 268 valence electrons. The van der Waals surface area contributed by atoms with Gasteiger partial charge in [-0.15, -0.1) is 0 Å². The summed E-state index contributed by atoms with van der Waals surface area (Å²) in [5, 5.41) is 2.87. The third kappa shape index (κ3) is 10.2. The van der Waals surface area contributed by atoms with Crippen molar-refractivity contribution in [3.8, 4) is 0 Å². The molecule has 1 heterocycles. The average Bonchev–Trinajstić information content (AvgIpc) is 3.52. The first kappa shape index (κ1) is 37.0. The van der Waals surface area contributed by atoms with E-state index < -0.39 is 53.9 Å². The first-order valence-corrected chi connectivity index (χ1v) is 16.7. The maximum atomic E-state index is 14.4. The van der Waals surface area contributed by atoms with Crippen molar-refractivity contribution in [2.24, 2.45) is 0 Å². The van der Waals surface area contributed by atoms with Gasteiger partial charge >= 0.3 is 24.1 Å². The number of para-hydroxylation sites is 1. The van der Waals surface area contributed by atoms with Gasteiger partial charge in [0.1, 0.15) is 37.4 Å². The van der Waals surface area contributed by atoms with Gasteiger partial charge in [0.15, 0.2) is 5.78 Å². The summed E-state index contributed by atoms with van der Waals surface area (Å²) >= 11 is 0. The number of esters is 2. The molecule has 5 rings (SSSR count). The number of carbonyl (C=O) groups is 5. The summed E-state index contributed by atoms with van der Waals surface area (Å²) in [7, 11) is 0. The van der Waals surface area contributed by atoms with Gasteiger partial charge in [0, 0.05) is 18.0 Å². The summed E-state index contributed by atoms with van der Waals surface area (Å²) in [4.78, 5) is 68.2.